The molecule has 0 unspecified atom stereocenters. The van der Waals surface area contributed by atoms with Crippen LogP contribution in [0.5, 0.6) is 0 Å². The Morgan fingerprint density at radius 2 is 2.33 bits per heavy atom. The normalized spacial score (nSPS) is 15.6. The van der Waals surface area contributed by atoms with E-state index in [-0.39, 0.29) is 5.56 Å². The first-order chi connectivity index (χ1) is 7.26. The zero-order valence-electron chi connectivity index (χ0n) is 8.75. The molecular weight excluding hydrogens is 210 g/mol. The van der Waals surface area contributed by atoms with Gasteiger partial charge in [-0.2, -0.15) is 0 Å². The van der Waals surface area contributed by atoms with E-state index in [4.69, 9.17) is 5.73 Å². The number of thioether (sulfide) groups is 1. The quantitative estimate of drug-likeness (QED) is 0.589. The van der Waals surface area contributed by atoms with Gasteiger partial charge in [0.2, 0.25) is 0 Å². The fourth-order valence-corrected chi connectivity index (χ4v) is 2.06. The number of aromatic nitrogens is 2. The van der Waals surface area contributed by atoms with Crippen molar-refractivity contribution in [3.8, 4) is 0 Å². The van der Waals surface area contributed by atoms with Crippen LogP contribution in [-0.2, 0) is 6.42 Å². The van der Waals surface area contributed by atoms with E-state index >= 15 is 0 Å². The van der Waals surface area contributed by atoms with Gasteiger partial charge in [0, 0.05) is 11.5 Å². The molecule has 0 aliphatic heterocycles. The van der Waals surface area contributed by atoms with Crippen LogP contribution in [0, 0.1) is 0 Å². The SMILES string of the molecule is CSc1nc(C2CC2)c(CCN)c(=O)[nH]1. The number of nitrogens with zero attached hydrogens (tertiary/aromatic N) is 1. The molecule has 1 heterocycles. The maximum absolute atomic E-state index is 11.8. The summed E-state index contributed by atoms with van der Waals surface area (Å²) in [6.45, 7) is 0.503. The van der Waals surface area contributed by atoms with Gasteiger partial charge in [0.15, 0.2) is 5.16 Å². The molecule has 0 atom stereocenters. The Labute approximate surface area is 92.7 Å². The minimum Gasteiger partial charge on any atom is -0.330 e. The molecule has 4 nitrogen and oxygen atoms in total. The Balaban J connectivity index is 2.45. The molecule has 1 aromatic rings. The number of nitrogens with one attached hydrogen (secondary N) is 1. The summed E-state index contributed by atoms with van der Waals surface area (Å²) < 4.78 is 0. The van der Waals surface area contributed by atoms with Crippen molar-refractivity contribution < 1.29 is 0 Å². The van der Waals surface area contributed by atoms with Crippen LogP contribution in [0.25, 0.3) is 0 Å². The second-order valence-electron chi connectivity index (χ2n) is 3.75. The molecule has 15 heavy (non-hydrogen) atoms. The summed E-state index contributed by atoms with van der Waals surface area (Å²) in [5, 5.41) is 0.711. The standard InChI is InChI=1S/C10H15N3OS/c1-15-10-12-8(6-2-3-6)7(4-5-11)9(14)13-10/h6H,2-5,11H2,1H3,(H,12,13,14). The predicted octanol–water partition coefficient (Wildman–Crippen LogP) is 0.870. The number of hydrogen-bond acceptors (Lipinski definition) is 4. The lowest BCUT2D eigenvalue weighted by molar-refractivity contribution is 0.803. The number of nitrogens with two attached hydrogens (primary N) is 1. The maximum Gasteiger partial charge on any atom is 0.255 e. The van der Waals surface area contributed by atoms with Crippen molar-refractivity contribution in [3.05, 3.63) is 21.6 Å². The highest BCUT2D eigenvalue weighted by atomic mass is 32.2. The molecular formula is C10H15N3OS. The van der Waals surface area contributed by atoms with E-state index in [2.05, 4.69) is 9.97 Å². The van der Waals surface area contributed by atoms with Crippen LogP contribution in [0.4, 0.5) is 0 Å². The van der Waals surface area contributed by atoms with Crippen molar-refractivity contribution in [2.24, 2.45) is 5.73 Å². The Bertz CT molecular complexity index is 412. The lowest BCUT2D eigenvalue weighted by atomic mass is 10.1. The first-order valence-corrected chi connectivity index (χ1v) is 6.36. The lowest BCUT2D eigenvalue weighted by Gasteiger charge is -2.07. The highest BCUT2D eigenvalue weighted by molar-refractivity contribution is 7.98. The molecule has 1 saturated carbocycles. The molecule has 5 heteroatoms. The minimum atomic E-state index is -0.0123. The summed E-state index contributed by atoms with van der Waals surface area (Å²) in [7, 11) is 0. The first kappa shape index (κ1) is 10.7. The van der Waals surface area contributed by atoms with Crippen molar-refractivity contribution in [1.29, 1.82) is 0 Å². The summed E-state index contributed by atoms with van der Waals surface area (Å²) in [5.74, 6) is 0.500. The van der Waals surface area contributed by atoms with E-state index in [0.29, 0.717) is 24.0 Å². The minimum absolute atomic E-state index is 0.0123. The monoisotopic (exact) mass is 225 g/mol. The third-order valence-corrected chi connectivity index (χ3v) is 3.16. The average molecular weight is 225 g/mol. The van der Waals surface area contributed by atoms with E-state index < -0.39 is 0 Å². The zero-order chi connectivity index (χ0) is 10.8. The smallest absolute Gasteiger partial charge is 0.255 e. The third-order valence-electron chi connectivity index (χ3n) is 2.58. The van der Waals surface area contributed by atoms with E-state index in [9.17, 15) is 4.79 Å². The lowest BCUT2D eigenvalue weighted by Crippen LogP contribution is -2.21. The molecule has 0 amide bonds. The first-order valence-electron chi connectivity index (χ1n) is 5.13. The molecule has 0 saturated heterocycles. The van der Waals surface area contributed by atoms with Gasteiger partial charge in [0.25, 0.3) is 5.56 Å². The van der Waals surface area contributed by atoms with Gasteiger partial charge in [-0.15, -0.1) is 0 Å². The predicted molar refractivity (Wildman–Crippen MR) is 61.4 cm³/mol. The molecule has 82 valence electrons. The molecule has 0 bridgehead atoms. The van der Waals surface area contributed by atoms with Gasteiger partial charge in [-0.1, -0.05) is 11.8 Å². The Kier molecular flexibility index (Phi) is 3.11. The van der Waals surface area contributed by atoms with Gasteiger partial charge in [-0.25, -0.2) is 4.98 Å². The molecule has 1 aromatic heterocycles. The molecule has 0 spiro atoms. The van der Waals surface area contributed by atoms with E-state index in [1.807, 2.05) is 6.26 Å². The van der Waals surface area contributed by atoms with Crippen molar-refractivity contribution in [1.82, 2.24) is 9.97 Å². The molecule has 1 fully saturated rings. The Morgan fingerprint density at radius 1 is 1.60 bits per heavy atom. The van der Waals surface area contributed by atoms with Crippen LogP contribution in [0.2, 0.25) is 0 Å². The zero-order valence-corrected chi connectivity index (χ0v) is 9.56. The van der Waals surface area contributed by atoms with Gasteiger partial charge < -0.3 is 10.7 Å². The van der Waals surface area contributed by atoms with Gasteiger partial charge in [-0.3, -0.25) is 4.79 Å². The summed E-state index contributed by atoms with van der Waals surface area (Å²) in [4.78, 5) is 19.0. The van der Waals surface area contributed by atoms with E-state index in [1.54, 1.807) is 0 Å². The largest absolute Gasteiger partial charge is 0.330 e. The summed E-state index contributed by atoms with van der Waals surface area (Å²) in [6.07, 6.45) is 4.85. The molecule has 0 aromatic carbocycles. The number of hydrogen-bond donors (Lipinski definition) is 2. The van der Waals surface area contributed by atoms with Crippen LogP contribution >= 0.6 is 11.8 Å². The van der Waals surface area contributed by atoms with Crippen LogP contribution in [0.15, 0.2) is 9.95 Å². The van der Waals surface area contributed by atoms with Crippen molar-refractivity contribution >= 4 is 11.8 Å². The number of aromatic amines is 1. The second-order valence-corrected chi connectivity index (χ2v) is 4.55. The second kappa shape index (κ2) is 4.37. The topological polar surface area (TPSA) is 71.8 Å². The number of rotatable bonds is 4. The van der Waals surface area contributed by atoms with Crippen LogP contribution in [0.1, 0.15) is 30.0 Å². The van der Waals surface area contributed by atoms with Crippen molar-refractivity contribution in [2.75, 3.05) is 12.8 Å². The van der Waals surface area contributed by atoms with Gasteiger partial charge >= 0.3 is 0 Å². The van der Waals surface area contributed by atoms with E-state index in [1.165, 1.54) is 11.8 Å². The van der Waals surface area contributed by atoms with Crippen molar-refractivity contribution in [3.63, 3.8) is 0 Å². The fourth-order valence-electron chi connectivity index (χ4n) is 1.67. The van der Waals surface area contributed by atoms with Gasteiger partial charge in [0.1, 0.15) is 0 Å². The maximum atomic E-state index is 11.8. The van der Waals surface area contributed by atoms with Gasteiger partial charge in [0.05, 0.1) is 5.69 Å². The average Bonchev–Trinajstić information content (AvgIpc) is 3.04. The Morgan fingerprint density at radius 3 is 2.87 bits per heavy atom. The molecule has 1 aliphatic rings. The summed E-state index contributed by atoms with van der Waals surface area (Å²) >= 11 is 1.47. The van der Waals surface area contributed by atoms with Crippen molar-refractivity contribution in [2.45, 2.75) is 30.3 Å². The molecule has 0 radical (unpaired) electrons. The molecule has 1 aliphatic carbocycles. The van der Waals surface area contributed by atoms with E-state index in [0.717, 1.165) is 24.1 Å². The third kappa shape index (κ3) is 2.23. The summed E-state index contributed by atoms with van der Waals surface area (Å²) in [6, 6.07) is 0. The molecule has 2 rings (SSSR count). The van der Waals surface area contributed by atoms with Crippen LogP contribution in [-0.4, -0.2) is 22.8 Å². The highest BCUT2D eigenvalue weighted by Gasteiger charge is 2.29. The summed E-state index contributed by atoms with van der Waals surface area (Å²) in [5.41, 5.74) is 7.26. The van der Waals surface area contributed by atoms with Gasteiger partial charge in [-0.05, 0) is 32.1 Å². The van der Waals surface area contributed by atoms with Crippen LogP contribution < -0.4 is 11.3 Å². The molecule has 3 N–H and O–H groups in total. The Hall–Kier alpha value is -0.810. The van der Waals surface area contributed by atoms with Crippen LogP contribution in [0.3, 0.4) is 0 Å². The highest BCUT2D eigenvalue weighted by Crippen LogP contribution is 2.40. The fraction of sp³-hybridized carbons (Fsp3) is 0.600. The number of H-pyrrole nitrogens is 1.